The van der Waals surface area contributed by atoms with E-state index < -0.39 is 0 Å². The number of methoxy groups -OCH3 is 2. The summed E-state index contributed by atoms with van der Waals surface area (Å²) in [7, 11) is 3.31. The van der Waals surface area contributed by atoms with Crippen LogP contribution >= 0.6 is 0 Å². The topological polar surface area (TPSA) is 43.6 Å². The fourth-order valence-corrected chi connectivity index (χ4v) is 2.25. The van der Waals surface area contributed by atoms with Crippen molar-refractivity contribution in [3.05, 3.63) is 47.4 Å². The van der Waals surface area contributed by atoms with Gasteiger partial charge in [0, 0.05) is 0 Å². The van der Waals surface area contributed by atoms with Crippen LogP contribution in [-0.2, 0) is 13.0 Å². The summed E-state index contributed by atoms with van der Waals surface area (Å²) in [4.78, 5) is 0. The third-order valence-corrected chi connectivity index (χ3v) is 3.36. The van der Waals surface area contributed by atoms with Crippen LogP contribution in [0.2, 0.25) is 0 Å². The van der Waals surface area contributed by atoms with Gasteiger partial charge in [-0.1, -0.05) is 6.07 Å². The van der Waals surface area contributed by atoms with Gasteiger partial charge in [0.05, 0.1) is 20.8 Å². The number of ether oxygens (including phenoxy) is 2. The van der Waals surface area contributed by atoms with Crippen molar-refractivity contribution in [2.24, 2.45) is 0 Å². The molecule has 1 aromatic heterocycles. The molecule has 0 unspecified atom stereocenters. The molecule has 0 bridgehead atoms. The predicted octanol–water partition coefficient (Wildman–Crippen LogP) is 3.33. The molecule has 0 saturated carbocycles. The van der Waals surface area contributed by atoms with Gasteiger partial charge in [-0.05, 0) is 56.1 Å². The molecular formula is C17H23NO3. The molecule has 4 nitrogen and oxygen atoms in total. The molecular weight excluding hydrogens is 266 g/mol. The smallest absolute Gasteiger partial charge is 0.160 e. The molecule has 0 aliphatic carbocycles. The molecule has 114 valence electrons. The van der Waals surface area contributed by atoms with Crippen molar-refractivity contribution in [1.82, 2.24) is 5.32 Å². The standard InChI is InChI=1S/C17H23NO3/c1-13-6-8-15(21-13)12-18-10-4-5-14-7-9-16(19-2)17(11-14)20-3/h6-9,11,18H,4-5,10,12H2,1-3H3. The molecule has 0 aliphatic heterocycles. The molecule has 0 radical (unpaired) electrons. The van der Waals surface area contributed by atoms with E-state index in [1.54, 1.807) is 14.2 Å². The van der Waals surface area contributed by atoms with E-state index in [9.17, 15) is 0 Å². The first kappa shape index (κ1) is 15.4. The van der Waals surface area contributed by atoms with Crippen molar-refractivity contribution in [1.29, 1.82) is 0 Å². The number of aryl methyl sites for hydroxylation is 2. The van der Waals surface area contributed by atoms with Crippen molar-refractivity contribution in [2.75, 3.05) is 20.8 Å². The lowest BCUT2D eigenvalue weighted by atomic mass is 10.1. The minimum Gasteiger partial charge on any atom is -0.493 e. The van der Waals surface area contributed by atoms with Gasteiger partial charge >= 0.3 is 0 Å². The summed E-state index contributed by atoms with van der Waals surface area (Å²) in [5.74, 6) is 3.50. The minimum absolute atomic E-state index is 0.771. The van der Waals surface area contributed by atoms with Crippen LogP contribution in [0.15, 0.2) is 34.7 Å². The van der Waals surface area contributed by atoms with Crippen molar-refractivity contribution >= 4 is 0 Å². The summed E-state index contributed by atoms with van der Waals surface area (Å²) in [6.45, 7) is 3.69. The molecule has 0 atom stereocenters. The minimum atomic E-state index is 0.771. The van der Waals surface area contributed by atoms with Gasteiger partial charge in [-0.3, -0.25) is 0 Å². The second-order valence-electron chi connectivity index (χ2n) is 4.98. The lowest BCUT2D eigenvalue weighted by Crippen LogP contribution is -2.14. The van der Waals surface area contributed by atoms with E-state index in [1.165, 1.54) is 5.56 Å². The first-order valence-corrected chi connectivity index (χ1v) is 7.20. The molecule has 1 N–H and O–H groups in total. The largest absolute Gasteiger partial charge is 0.493 e. The first-order chi connectivity index (χ1) is 10.2. The van der Waals surface area contributed by atoms with Gasteiger partial charge in [-0.25, -0.2) is 0 Å². The molecule has 0 spiro atoms. The SMILES string of the molecule is COc1ccc(CCCNCc2ccc(C)o2)cc1OC. The van der Waals surface area contributed by atoms with E-state index in [4.69, 9.17) is 13.9 Å². The number of rotatable bonds is 8. The third-order valence-electron chi connectivity index (χ3n) is 3.36. The lowest BCUT2D eigenvalue weighted by Gasteiger charge is -2.09. The van der Waals surface area contributed by atoms with Gasteiger partial charge in [0.2, 0.25) is 0 Å². The Balaban J connectivity index is 1.73. The summed E-state index contributed by atoms with van der Waals surface area (Å²) in [5.41, 5.74) is 1.25. The quantitative estimate of drug-likeness (QED) is 0.757. The Morgan fingerprint density at radius 1 is 1.05 bits per heavy atom. The summed E-state index contributed by atoms with van der Waals surface area (Å²) in [5, 5.41) is 3.39. The van der Waals surface area contributed by atoms with E-state index >= 15 is 0 Å². The Bertz CT molecular complexity index is 563. The molecule has 21 heavy (non-hydrogen) atoms. The normalized spacial score (nSPS) is 10.6. The van der Waals surface area contributed by atoms with Crippen LogP contribution in [0.4, 0.5) is 0 Å². The molecule has 2 rings (SSSR count). The van der Waals surface area contributed by atoms with E-state index in [0.29, 0.717) is 0 Å². The molecule has 4 heteroatoms. The molecule has 0 saturated heterocycles. The Morgan fingerprint density at radius 3 is 2.52 bits per heavy atom. The van der Waals surface area contributed by atoms with Crippen LogP contribution in [0.1, 0.15) is 23.5 Å². The van der Waals surface area contributed by atoms with Crippen LogP contribution in [-0.4, -0.2) is 20.8 Å². The number of nitrogens with one attached hydrogen (secondary N) is 1. The zero-order chi connectivity index (χ0) is 15.1. The number of benzene rings is 1. The highest BCUT2D eigenvalue weighted by Gasteiger charge is 2.04. The molecule has 1 aromatic carbocycles. The Labute approximate surface area is 126 Å². The van der Waals surface area contributed by atoms with Crippen LogP contribution in [0, 0.1) is 6.92 Å². The highest BCUT2D eigenvalue weighted by molar-refractivity contribution is 5.42. The zero-order valence-corrected chi connectivity index (χ0v) is 12.9. The second kappa shape index (κ2) is 7.74. The van der Waals surface area contributed by atoms with E-state index in [1.807, 2.05) is 31.2 Å². The molecule has 0 amide bonds. The molecule has 0 aliphatic rings. The van der Waals surface area contributed by atoms with Crippen LogP contribution in [0.5, 0.6) is 11.5 Å². The summed E-state index contributed by atoms with van der Waals surface area (Å²) < 4.78 is 16.1. The summed E-state index contributed by atoms with van der Waals surface area (Å²) in [6, 6.07) is 10.1. The monoisotopic (exact) mass is 289 g/mol. The van der Waals surface area contributed by atoms with Crippen LogP contribution < -0.4 is 14.8 Å². The maximum absolute atomic E-state index is 5.51. The van der Waals surface area contributed by atoms with Gasteiger partial charge in [0.15, 0.2) is 11.5 Å². The van der Waals surface area contributed by atoms with Crippen LogP contribution in [0.25, 0.3) is 0 Å². The second-order valence-corrected chi connectivity index (χ2v) is 4.98. The fraction of sp³-hybridized carbons (Fsp3) is 0.412. The first-order valence-electron chi connectivity index (χ1n) is 7.20. The van der Waals surface area contributed by atoms with E-state index in [0.717, 1.165) is 49.0 Å². The molecule has 1 heterocycles. The van der Waals surface area contributed by atoms with Gasteiger partial charge in [0.1, 0.15) is 11.5 Å². The van der Waals surface area contributed by atoms with E-state index in [-0.39, 0.29) is 0 Å². The number of hydrogen-bond donors (Lipinski definition) is 1. The molecule has 0 fully saturated rings. The average Bonchev–Trinajstić information content (AvgIpc) is 2.92. The summed E-state index contributed by atoms with van der Waals surface area (Å²) >= 11 is 0. The summed E-state index contributed by atoms with van der Waals surface area (Å²) in [6.07, 6.45) is 2.07. The van der Waals surface area contributed by atoms with Gasteiger partial charge < -0.3 is 19.2 Å². The van der Waals surface area contributed by atoms with Crippen molar-refractivity contribution in [2.45, 2.75) is 26.3 Å². The Kier molecular flexibility index (Phi) is 5.69. The highest BCUT2D eigenvalue weighted by Crippen LogP contribution is 2.27. The fourth-order valence-electron chi connectivity index (χ4n) is 2.25. The van der Waals surface area contributed by atoms with Gasteiger partial charge in [-0.2, -0.15) is 0 Å². The predicted molar refractivity (Wildman–Crippen MR) is 83.0 cm³/mol. The molecule has 2 aromatic rings. The average molecular weight is 289 g/mol. The number of furan rings is 1. The Morgan fingerprint density at radius 2 is 1.86 bits per heavy atom. The Hall–Kier alpha value is -1.94. The highest BCUT2D eigenvalue weighted by atomic mass is 16.5. The third kappa shape index (κ3) is 4.53. The zero-order valence-electron chi connectivity index (χ0n) is 12.9. The van der Waals surface area contributed by atoms with Crippen molar-refractivity contribution < 1.29 is 13.9 Å². The van der Waals surface area contributed by atoms with Gasteiger partial charge in [0.25, 0.3) is 0 Å². The van der Waals surface area contributed by atoms with E-state index in [2.05, 4.69) is 11.4 Å². The maximum Gasteiger partial charge on any atom is 0.160 e. The van der Waals surface area contributed by atoms with Crippen molar-refractivity contribution in [3.63, 3.8) is 0 Å². The van der Waals surface area contributed by atoms with Crippen molar-refractivity contribution in [3.8, 4) is 11.5 Å². The lowest BCUT2D eigenvalue weighted by molar-refractivity contribution is 0.354. The number of hydrogen-bond acceptors (Lipinski definition) is 4. The maximum atomic E-state index is 5.51. The van der Waals surface area contributed by atoms with Crippen LogP contribution in [0.3, 0.4) is 0 Å². The van der Waals surface area contributed by atoms with Gasteiger partial charge in [-0.15, -0.1) is 0 Å².